The molecule has 21 heavy (non-hydrogen) atoms. The number of piperidine rings is 1. The van der Waals surface area contributed by atoms with E-state index in [9.17, 15) is 14.5 Å². The van der Waals surface area contributed by atoms with E-state index in [1.807, 2.05) is 20.8 Å². The van der Waals surface area contributed by atoms with E-state index in [-0.39, 0.29) is 16.2 Å². The average Bonchev–Trinajstić information content (AvgIpc) is 2.64. The second-order valence-electron chi connectivity index (χ2n) is 7.28. The van der Waals surface area contributed by atoms with Crippen molar-refractivity contribution in [2.75, 3.05) is 13.1 Å². The first-order valence-electron chi connectivity index (χ1n) is 7.48. The minimum Gasteiger partial charge on any atom is -0.598 e. The minimum atomic E-state index is -1.18. The lowest BCUT2D eigenvalue weighted by Crippen LogP contribution is -2.53. The van der Waals surface area contributed by atoms with E-state index in [4.69, 9.17) is 5.11 Å². The Kier molecular flexibility index (Phi) is 4.78. The standard InChI is InChI=1S/C14H26N2O4S/c1-13(2,3)21(20)15-11-8-10(17)9-14(11)4-6-16(7-5-14)12(18)19/h10-11,15,17H,4-9H2,1-3H3,(H,18,19)/t10-,11-,21-/m1/s1. The van der Waals surface area contributed by atoms with Crippen molar-refractivity contribution in [2.24, 2.45) is 5.41 Å². The molecule has 1 saturated carbocycles. The largest absolute Gasteiger partial charge is 0.598 e. The van der Waals surface area contributed by atoms with Crippen LogP contribution in [0.15, 0.2) is 0 Å². The predicted molar refractivity (Wildman–Crippen MR) is 81.3 cm³/mol. The summed E-state index contributed by atoms with van der Waals surface area (Å²) in [5.41, 5.74) is -0.133. The number of carbonyl (C=O) groups is 1. The monoisotopic (exact) mass is 318 g/mol. The Morgan fingerprint density at radius 3 is 2.43 bits per heavy atom. The van der Waals surface area contributed by atoms with Crippen LogP contribution in [0.1, 0.15) is 46.5 Å². The normalized spacial score (nSPS) is 30.6. The molecule has 1 aliphatic heterocycles. The topological polar surface area (TPSA) is 95.9 Å². The van der Waals surface area contributed by atoms with Crippen molar-refractivity contribution < 1.29 is 19.6 Å². The van der Waals surface area contributed by atoms with Gasteiger partial charge in [-0.2, -0.15) is 0 Å². The summed E-state index contributed by atoms with van der Waals surface area (Å²) in [5, 5.41) is 19.1. The maximum atomic E-state index is 12.3. The maximum Gasteiger partial charge on any atom is 0.407 e. The molecule has 1 aliphatic carbocycles. The number of nitrogens with zero attached hydrogens (tertiary/aromatic N) is 1. The highest BCUT2D eigenvalue weighted by Crippen LogP contribution is 2.47. The summed E-state index contributed by atoms with van der Waals surface area (Å²) in [4.78, 5) is 12.4. The van der Waals surface area contributed by atoms with Gasteiger partial charge in [-0.25, -0.2) is 4.79 Å². The lowest BCUT2D eigenvalue weighted by molar-refractivity contribution is 0.0720. The van der Waals surface area contributed by atoms with Gasteiger partial charge in [0, 0.05) is 24.5 Å². The number of amides is 1. The zero-order chi connectivity index (χ0) is 15.8. The molecule has 1 heterocycles. The predicted octanol–water partition coefficient (Wildman–Crippen LogP) is 1.32. The van der Waals surface area contributed by atoms with E-state index in [1.165, 1.54) is 4.90 Å². The van der Waals surface area contributed by atoms with Crippen molar-refractivity contribution >= 4 is 17.5 Å². The van der Waals surface area contributed by atoms with E-state index in [1.54, 1.807) is 0 Å². The molecule has 6 nitrogen and oxygen atoms in total. The molecule has 0 radical (unpaired) electrons. The highest BCUT2D eigenvalue weighted by molar-refractivity contribution is 7.90. The summed E-state index contributed by atoms with van der Waals surface area (Å²) < 4.78 is 15.2. The van der Waals surface area contributed by atoms with Crippen molar-refractivity contribution in [3.8, 4) is 0 Å². The third-order valence-electron chi connectivity index (χ3n) is 4.72. The van der Waals surface area contributed by atoms with Crippen LogP contribution in [0.4, 0.5) is 4.79 Å². The van der Waals surface area contributed by atoms with Crippen LogP contribution in [0, 0.1) is 5.41 Å². The zero-order valence-corrected chi connectivity index (χ0v) is 13.8. The lowest BCUT2D eigenvalue weighted by Gasteiger charge is -2.42. The SMILES string of the molecule is CC(C)(C)[S@@+]([O-])N[C@@H]1C[C@@H](O)CC12CCN(C(=O)O)CC2. The van der Waals surface area contributed by atoms with Gasteiger partial charge in [-0.3, -0.25) is 0 Å². The molecule has 1 spiro atoms. The number of rotatable bonds is 2. The molecule has 0 unspecified atom stereocenters. The first-order valence-corrected chi connectivity index (χ1v) is 8.63. The first-order chi connectivity index (χ1) is 9.64. The van der Waals surface area contributed by atoms with E-state index in [0.717, 1.165) is 12.8 Å². The van der Waals surface area contributed by atoms with Gasteiger partial charge in [0.2, 0.25) is 0 Å². The lowest BCUT2D eigenvalue weighted by atomic mass is 9.74. The summed E-state index contributed by atoms with van der Waals surface area (Å²) in [5.74, 6) is 0. The van der Waals surface area contributed by atoms with Gasteiger partial charge in [-0.1, -0.05) is 0 Å². The Morgan fingerprint density at radius 2 is 1.95 bits per heavy atom. The van der Waals surface area contributed by atoms with Gasteiger partial charge >= 0.3 is 6.09 Å². The summed E-state index contributed by atoms with van der Waals surface area (Å²) in [6.07, 6.45) is 1.42. The van der Waals surface area contributed by atoms with E-state index >= 15 is 0 Å². The number of nitrogens with one attached hydrogen (secondary N) is 1. The number of hydrogen-bond acceptors (Lipinski definition) is 4. The molecule has 0 bridgehead atoms. The van der Waals surface area contributed by atoms with Crippen molar-refractivity contribution in [1.29, 1.82) is 0 Å². The molecule has 0 aromatic carbocycles. The van der Waals surface area contributed by atoms with Crippen molar-refractivity contribution in [1.82, 2.24) is 9.62 Å². The zero-order valence-electron chi connectivity index (χ0n) is 13.0. The van der Waals surface area contributed by atoms with Crippen LogP contribution in [-0.2, 0) is 11.4 Å². The fourth-order valence-electron chi connectivity index (χ4n) is 3.39. The van der Waals surface area contributed by atoms with Crippen LogP contribution >= 0.6 is 0 Å². The molecule has 3 atom stereocenters. The fraction of sp³-hybridized carbons (Fsp3) is 0.929. The van der Waals surface area contributed by atoms with Crippen LogP contribution < -0.4 is 4.72 Å². The molecule has 2 aliphatic rings. The Labute approximate surface area is 129 Å². The van der Waals surface area contributed by atoms with Gasteiger partial charge in [0.25, 0.3) is 0 Å². The van der Waals surface area contributed by atoms with Crippen LogP contribution in [0.5, 0.6) is 0 Å². The highest BCUT2D eigenvalue weighted by Gasteiger charge is 2.51. The molecular weight excluding hydrogens is 292 g/mol. The molecule has 0 aromatic rings. The van der Waals surface area contributed by atoms with Gasteiger partial charge in [0.15, 0.2) is 0 Å². The second kappa shape index (κ2) is 5.95. The van der Waals surface area contributed by atoms with Crippen LogP contribution in [0.2, 0.25) is 0 Å². The van der Waals surface area contributed by atoms with E-state index in [0.29, 0.717) is 25.9 Å². The molecule has 122 valence electrons. The third kappa shape index (κ3) is 3.64. The molecule has 0 aromatic heterocycles. The number of carboxylic acid groups (broad SMARTS) is 1. The molecule has 1 saturated heterocycles. The van der Waals surface area contributed by atoms with Crippen LogP contribution in [0.3, 0.4) is 0 Å². The third-order valence-corrected chi connectivity index (χ3v) is 6.34. The molecule has 1 amide bonds. The molecule has 7 heteroatoms. The van der Waals surface area contributed by atoms with E-state index in [2.05, 4.69) is 4.72 Å². The Hall–Kier alpha value is -0.500. The van der Waals surface area contributed by atoms with Crippen molar-refractivity contribution in [3.05, 3.63) is 0 Å². The Bertz CT molecular complexity index is 391. The van der Waals surface area contributed by atoms with Gasteiger partial charge in [-0.05, 0) is 51.9 Å². The number of aliphatic hydroxyl groups is 1. The summed E-state index contributed by atoms with van der Waals surface area (Å²) in [6, 6.07) is -0.0106. The van der Waals surface area contributed by atoms with Gasteiger partial charge in [-0.15, -0.1) is 4.72 Å². The molecule has 3 N–H and O–H groups in total. The second-order valence-corrected chi connectivity index (χ2v) is 9.28. The van der Waals surface area contributed by atoms with Gasteiger partial charge in [0.1, 0.15) is 4.75 Å². The highest BCUT2D eigenvalue weighted by atomic mass is 32.2. The average molecular weight is 318 g/mol. The number of hydrogen-bond donors (Lipinski definition) is 3. The van der Waals surface area contributed by atoms with Gasteiger partial charge < -0.3 is 19.7 Å². The van der Waals surface area contributed by atoms with Crippen molar-refractivity contribution in [2.45, 2.75) is 63.3 Å². The van der Waals surface area contributed by atoms with Crippen molar-refractivity contribution in [3.63, 3.8) is 0 Å². The molecule has 2 fully saturated rings. The van der Waals surface area contributed by atoms with Gasteiger partial charge in [0.05, 0.1) is 12.1 Å². The van der Waals surface area contributed by atoms with E-state index < -0.39 is 23.6 Å². The van der Waals surface area contributed by atoms with Crippen LogP contribution in [0.25, 0.3) is 0 Å². The Balaban J connectivity index is 2.05. The summed E-state index contributed by atoms with van der Waals surface area (Å²) >= 11 is -1.18. The molecular formula is C14H26N2O4S. The fourth-order valence-corrected chi connectivity index (χ4v) is 4.35. The number of aliphatic hydroxyl groups excluding tert-OH is 1. The summed E-state index contributed by atoms with van der Waals surface area (Å²) in [7, 11) is 0. The maximum absolute atomic E-state index is 12.3. The smallest absolute Gasteiger partial charge is 0.407 e. The number of likely N-dealkylation sites (tertiary alicyclic amines) is 1. The Morgan fingerprint density at radius 1 is 1.38 bits per heavy atom. The first kappa shape index (κ1) is 16.9. The van der Waals surface area contributed by atoms with Crippen LogP contribution in [-0.4, -0.2) is 55.7 Å². The summed E-state index contributed by atoms with van der Waals surface area (Å²) in [6.45, 7) is 6.73. The quantitative estimate of drug-likeness (QED) is 0.667. The minimum absolute atomic E-state index is 0.0106. The molecule has 2 rings (SSSR count).